The monoisotopic (exact) mass is 392 g/mol. The zero-order chi connectivity index (χ0) is 20.1. The van der Waals surface area contributed by atoms with Gasteiger partial charge in [-0.3, -0.25) is 4.99 Å². The summed E-state index contributed by atoms with van der Waals surface area (Å²) < 4.78 is 13.2. The molecule has 0 aliphatic carbocycles. The number of fused-ring (bicyclic) bond motifs is 1. The van der Waals surface area contributed by atoms with Gasteiger partial charge in [-0.2, -0.15) is 5.10 Å². The van der Waals surface area contributed by atoms with E-state index in [0.717, 1.165) is 56.6 Å². The Hall–Kier alpha value is -1.67. The number of nitrogens with zero attached hydrogens (tertiary/aromatic N) is 4. The maximum atomic E-state index is 6.10. The maximum absolute atomic E-state index is 6.10. The SMILES string of the molecule is CN=C(NCC1CCCOC1C(C)(C)C)NC1CCc2nc(COC)nn2C1. The summed E-state index contributed by atoms with van der Waals surface area (Å²) in [5, 5.41) is 11.6. The quantitative estimate of drug-likeness (QED) is 0.587. The summed E-state index contributed by atoms with van der Waals surface area (Å²) in [6.07, 6.45) is 4.53. The number of hydrogen-bond acceptors (Lipinski definition) is 5. The lowest BCUT2D eigenvalue weighted by molar-refractivity contribution is -0.0835. The van der Waals surface area contributed by atoms with Crippen LogP contribution in [0, 0.1) is 11.3 Å². The molecule has 0 bridgehead atoms. The van der Waals surface area contributed by atoms with E-state index < -0.39 is 0 Å². The van der Waals surface area contributed by atoms with Gasteiger partial charge in [0.1, 0.15) is 12.4 Å². The molecule has 1 aromatic heterocycles. The Morgan fingerprint density at radius 2 is 2.18 bits per heavy atom. The number of nitrogens with one attached hydrogen (secondary N) is 2. The van der Waals surface area contributed by atoms with E-state index in [1.807, 2.05) is 11.7 Å². The highest BCUT2D eigenvalue weighted by atomic mass is 16.5. The lowest BCUT2D eigenvalue weighted by atomic mass is 9.78. The van der Waals surface area contributed by atoms with Crippen LogP contribution in [0.2, 0.25) is 0 Å². The number of rotatable bonds is 5. The molecule has 0 spiro atoms. The molecule has 8 heteroatoms. The van der Waals surface area contributed by atoms with Crippen LogP contribution in [0.15, 0.2) is 4.99 Å². The third kappa shape index (κ3) is 5.23. The predicted octanol–water partition coefficient (Wildman–Crippen LogP) is 1.75. The van der Waals surface area contributed by atoms with Gasteiger partial charge in [0.2, 0.25) is 0 Å². The summed E-state index contributed by atoms with van der Waals surface area (Å²) in [5.74, 6) is 3.15. The van der Waals surface area contributed by atoms with Gasteiger partial charge in [-0.15, -0.1) is 0 Å². The van der Waals surface area contributed by atoms with Crippen molar-refractivity contribution in [2.24, 2.45) is 16.3 Å². The fourth-order valence-corrected chi connectivity index (χ4v) is 4.29. The molecule has 0 amide bonds. The summed E-state index contributed by atoms with van der Waals surface area (Å²) in [6, 6.07) is 0.289. The highest BCUT2D eigenvalue weighted by Crippen LogP contribution is 2.33. The van der Waals surface area contributed by atoms with Gasteiger partial charge in [0, 0.05) is 45.7 Å². The molecule has 0 radical (unpaired) electrons. The molecule has 2 aliphatic rings. The lowest BCUT2D eigenvalue weighted by Crippen LogP contribution is -2.50. The largest absolute Gasteiger partial charge is 0.377 e. The van der Waals surface area contributed by atoms with Gasteiger partial charge in [0.05, 0.1) is 12.6 Å². The van der Waals surface area contributed by atoms with E-state index in [1.54, 1.807) is 7.11 Å². The molecular formula is C20H36N6O2. The van der Waals surface area contributed by atoms with Gasteiger partial charge in [0.25, 0.3) is 0 Å². The van der Waals surface area contributed by atoms with Gasteiger partial charge in [0.15, 0.2) is 11.8 Å². The molecule has 3 unspecified atom stereocenters. The first-order valence-electron chi connectivity index (χ1n) is 10.4. The second-order valence-electron chi connectivity index (χ2n) is 8.95. The second kappa shape index (κ2) is 9.22. The molecule has 3 atom stereocenters. The van der Waals surface area contributed by atoms with Crippen LogP contribution in [0.1, 0.15) is 51.7 Å². The summed E-state index contributed by atoms with van der Waals surface area (Å²) in [7, 11) is 3.50. The van der Waals surface area contributed by atoms with Gasteiger partial charge in [-0.05, 0) is 24.7 Å². The van der Waals surface area contributed by atoms with Crippen LogP contribution in [-0.4, -0.2) is 60.2 Å². The molecular weight excluding hydrogens is 356 g/mol. The van der Waals surface area contributed by atoms with Crippen molar-refractivity contribution in [3.8, 4) is 0 Å². The van der Waals surface area contributed by atoms with E-state index in [-0.39, 0.29) is 17.6 Å². The Bertz CT molecular complexity index is 666. The molecule has 1 fully saturated rings. The van der Waals surface area contributed by atoms with Crippen molar-refractivity contribution in [3.63, 3.8) is 0 Å². The first-order chi connectivity index (χ1) is 13.4. The van der Waals surface area contributed by atoms with Crippen LogP contribution in [0.25, 0.3) is 0 Å². The number of guanidine groups is 1. The Morgan fingerprint density at radius 3 is 2.89 bits per heavy atom. The normalized spacial score (nSPS) is 26.0. The van der Waals surface area contributed by atoms with Crippen LogP contribution in [0.3, 0.4) is 0 Å². The molecule has 2 N–H and O–H groups in total. The van der Waals surface area contributed by atoms with E-state index in [2.05, 4.69) is 46.5 Å². The molecule has 8 nitrogen and oxygen atoms in total. The second-order valence-corrected chi connectivity index (χ2v) is 8.95. The predicted molar refractivity (Wildman–Crippen MR) is 109 cm³/mol. The fraction of sp³-hybridized carbons (Fsp3) is 0.850. The van der Waals surface area contributed by atoms with Crippen molar-refractivity contribution < 1.29 is 9.47 Å². The average Bonchev–Trinajstić information content (AvgIpc) is 3.06. The number of aromatic nitrogens is 3. The van der Waals surface area contributed by atoms with Crippen molar-refractivity contribution in [2.45, 2.75) is 71.8 Å². The van der Waals surface area contributed by atoms with E-state index >= 15 is 0 Å². The Labute approximate surface area is 168 Å². The molecule has 3 rings (SSSR count). The van der Waals surface area contributed by atoms with Crippen molar-refractivity contribution in [1.82, 2.24) is 25.4 Å². The Kier molecular flexibility index (Phi) is 6.93. The highest BCUT2D eigenvalue weighted by molar-refractivity contribution is 5.79. The number of hydrogen-bond donors (Lipinski definition) is 2. The van der Waals surface area contributed by atoms with Crippen molar-refractivity contribution in [1.29, 1.82) is 0 Å². The Morgan fingerprint density at radius 1 is 1.36 bits per heavy atom. The molecule has 158 valence electrons. The van der Waals surface area contributed by atoms with Crippen LogP contribution in [-0.2, 0) is 29.0 Å². The third-order valence-electron chi connectivity index (χ3n) is 5.57. The minimum Gasteiger partial charge on any atom is -0.377 e. The summed E-state index contributed by atoms with van der Waals surface area (Å²) in [5.41, 5.74) is 0.149. The molecule has 1 saturated heterocycles. The molecule has 0 aromatic carbocycles. The van der Waals surface area contributed by atoms with Crippen LogP contribution >= 0.6 is 0 Å². The van der Waals surface area contributed by atoms with E-state index in [4.69, 9.17) is 9.47 Å². The lowest BCUT2D eigenvalue weighted by Gasteiger charge is -2.40. The summed E-state index contributed by atoms with van der Waals surface area (Å²) in [6.45, 7) is 9.79. The third-order valence-corrected chi connectivity index (χ3v) is 5.57. The minimum absolute atomic E-state index is 0.149. The summed E-state index contributed by atoms with van der Waals surface area (Å²) in [4.78, 5) is 8.98. The smallest absolute Gasteiger partial charge is 0.191 e. The maximum Gasteiger partial charge on any atom is 0.191 e. The van der Waals surface area contributed by atoms with Gasteiger partial charge < -0.3 is 20.1 Å². The molecule has 3 heterocycles. The van der Waals surface area contributed by atoms with E-state index in [0.29, 0.717) is 12.5 Å². The number of aryl methyl sites for hydroxylation is 1. The highest BCUT2D eigenvalue weighted by Gasteiger charge is 2.35. The van der Waals surface area contributed by atoms with E-state index in [9.17, 15) is 0 Å². The van der Waals surface area contributed by atoms with E-state index in [1.165, 1.54) is 6.42 Å². The zero-order valence-electron chi connectivity index (χ0n) is 18.0. The first kappa shape index (κ1) is 21.0. The average molecular weight is 393 g/mol. The fourth-order valence-electron chi connectivity index (χ4n) is 4.29. The topological polar surface area (TPSA) is 85.6 Å². The molecule has 28 heavy (non-hydrogen) atoms. The molecule has 2 aliphatic heterocycles. The Balaban J connectivity index is 1.53. The van der Waals surface area contributed by atoms with Gasteiger partial charge in [-0.1, -0.05) is 20.8 Å². The van der Waals surface area contributed by atoms with Gasteiger partial charge >= 0.3 is 0 Å². The standard InChI is InChI=1S/C20H36N6O2/c1-20(2,3)18-14(7-6-10-28-18)11-22-19(21-4)23-15-8-9-17-24-16(13-27-5)25-26(17)12-15/h14-15,18H,6-13H2,1-5H3,(H2,21,22,23). The van der Waals surface area contributed by atoms with Crippen molar-refractivity contribution in [2.75, 3.05) is 27.3 Å². The minimum atomic E-state index is 0.149. The van der Waals surface area contributed by atoms with Crippen molar-refractivity contribution >= 4 is 5.96 Å². The first-order valence-corrected chi connectivity index (χ1v) is 10.4. The summed E-state index contributed by atoms with van der Waals surface area (Å²) >= 11 is 0. The zero-order valence-corrected chi connectivity index (χ0v) is 18.0. The number of aliphatic imine (C=N–C) groups is 1. The number of methoxy groups -OCH3 is 1. The van der Waals surface area contributed by atoms with Crippen molar-refractivity contribution in [3.05, 3.63) is 11.6 Å². The van der Waals surface area contributed by atoms with Crippen LogP contribution < -0.4 is 10.6 Å². The van der Waals surface area contributed by atoms with Crippen LogP contribution in [0.5, 0.6) is 0 Å². The van der Waals surface area contributed by atoms with Gasteiger partial charge in [-0.25, -0.2) is 9.67 Å². The van der Waals surface area contributed by atoms with Crippen LogP contribution in [0.4, 0.5) is 0 Å². The molecule has 0 saturated carbocycles. The molecule has 1 aromatic rings. The number of ether oxygens (including phenoxy) is 2.